The van der Waals surface area contributed by atoms with Gasteiger partial charge < -0.3 is 5.11 Å². The Labute approximate surface area is 98.3 Å². The molecule has 0 fully saturated rings. The average Bonchev–Trinajstić information content (AvgIpc) is 2.24. The number of halogens is 1. The molecular weight excluding hydrogens is 249 g/mol. The van der Waals surface area contributed by atoms with Crippen LogP contribution in [0.25, 0.3) is 0 Å². The molecule has 0 unspecified atom stereocenters. The largest absolute Gasteiger partial charge is 0.481 e. The Bertz CT molecular complexity index is 501. The van der Waals surface area contributed by atoms with Crippen LogP contribution in [0.1, 0.15) is 12.0 Å². The van der Waals surface area contributed by atoms with Gasteiger partial charge in [-0.05, 0) is 17.7 Å². The van der Waals surface area contributed by atoms with E-state index in [-0.39, 0.29) is 6.54 Å². The highest BCUT2D eigenvalue weighted by atomic mass is 32.2. The molecule has 5 nitrogen and oxygen atoms in total. The van der Waals surface area contributed by atoms with Crippen molar-refractivity contribution in [1.29, 1.82) is 0 Å². The lowest BCUT2D eigenvalue weighted by Gasteiger charge is -2.05. The quantitative estimate of drug-likeness (QED) is 0.790. The lowest BCUT2D eigenvalue weighted by atomic mass is 10.2. The van der Waals surface area contributed by atoms with Crippen LogP contribution < -0.4 is 4.72 Å². The van der Waals surface area contributed by atoms with Crippen LogP contribution in [-0.2, 0) is 21.4 Å². The number of nitrogens with one attached hydrogen (secondary N) is 1. The zero-order chi connectivity index (χ0) is 12.9. The van der Waals surface area contributed by atoms with Crippen molar-refractivity contribution in [3.8, 4) is 0 Å². The fraction of sp³-hybridized carbons (Fsp3) is 0.300. The second-order valence-electron chi connectivity index (χ2n) is 3.41. The van der Waals surface area contributed by atoms with Crippen LogP contribution in [0.2, 0.25) is 0 Å². The zero-order valence-corrected chi connectivity index (χ0v) is 9.71. The van der Waals surface area contributed by atoms with E-state index in [1.807, 2.05) is 0 Å². The van der Waals surface area contributed by atoms with Gasteiger partial charge in [0, 0.05) is 6.54 Å². The summed E-state index contributed by atoms with van der Waals surface area (Å²) in [5, 5.41) is 8.36. The molecule has 0 aliphatic heterocycles. The van der Waals surface area contributed by atoms with Crippen molar-refractivity contribution >= 4 is 16.0 Å². The van der Waals surface area contributed by atoms with Crippen molar-refractivity contribution in [3.63, 3.8) is 0 Å². The van der Waals surface area contributed by atoms with Crippen LogP contribution in [0, 0.1) is 5.82 Å². The monoisotopic (exact) mass is 261 g/mol. The Morgan fingerprint density at radius 2 is 2.12 bits per heavy atom. The van der Waals surface area contributed by atoms with E-state index >= 15 is 0 Å². The Morgan fingerprint density at radius 3 is 2.71 bits per heavy atom. The highest BCUT2D eigenvalue weighted by Crippen LogP contribution is 2.03. The summed E-state index contributed by atoms with van der Waals surface area (Å²) < 4.78 is 37.6. The number of carboxylic acids is 1. The first-order chi connectivity index (χ1) is 7.89. The molecule has 0 saturated carbocycles. The van der Waals surface area contributed by atoms with Gasteiger partial charge in [-0.15, -0.1) is 0 Å². The standard InChI is InChI=1S/C10H12FNO4S/c11-9-3-1-2-8(6-9)7-12-17(15,16)5-4-10(13)14/h1-3,6,12H,4-5,7H2,(H,13,14). The average molecular weight is 261 g/mol. The number of sulfonamides is 1. The van der Waals surface area contributed by atoms with Gasteiger partial charge in [0.15, 0.2) is 0 Å². The molecule has 94 valence electrons. The van der Waals surface area contributed by atoms with Crippen molar-refractivity contribution in [2.75, 3.05) is 5.75 Å². The zero-order valence-electron chi connectivity index (χ0n) is 8.89. The first-order valence-electron chi connectivity index (χ1n) is 4.82. The third kappa shape index (κ3) is 5.41. The van der Waals surface area contributed by atoms with Gasteiger partial charge in [0.2, 0.25) is 10.0 Å². The van der Waals surface area contributed by atoms with E-state index in [1.165, 1.54) is 18.2 Å². The number of benzene rings is 1. The van der Waals surface area contributed by atoms with E-state index in [0.717, 1.165) is 0 Å². The van der Waals surface area contributed by atoms with Crippen molar-refractivity contribution in [3.05, 3.63) is 35.6 Å². The molecular formula is C10H12FNO4S. The minimum atomic E-state index is -3.64. The molecule has 0 aliphatic carbocycles. The smallest absolute Gasteiger partial charge is 0.304 e. The van der Waals surface area contributed by atoms with Crippen LogP contribution in [0.3, 0.4) is 0 Å². The van der Waals surface area contributed by atoms with E-state index in [1.54, 1.807) is 6.07 Å². The Kier molecular flexibility index (Phi) is 4.59. The third-order valence-corrected chi connectivity index (χ3v) is 3.30. The van der Waals surface area contributed by atoms with Gasteiger partial charge in [0.05, 0.1) is 12.2 Å². The van der Waals surface area contributed by atoms with E-state index in [2.05, 4.69) is 4.72 Å². The van der Waals surface area contributed by atoms with Crippen LogP contribution in [0.4, 0.5) is 4.39 Å². The maximum absolute atomic E-state index is 12.8. The van der Waals surface area contributed by atoms with Gasteiger partial charge in [0.25, 0.3) is 0 Å². The molecule has 2 N–H and O–H groups in total. The normalized spacial score (nSPS) is 11.4. The molecule has 0 spiro atoms. The lowest BCUT2D eigenvalue weighted by Crippen LogP contribution is -2.27. The third-order valence-electron chi connectivity index (χ3n) is 1.97. The molecule has 0 atom stereocenters. The molecule has 1 aromatic rings. The Hall–Kier alpha value is -1.47. The maximum atomic E-state index is 12.8. The van der Waals surface area contributed by atoms with Gasteiger partial charge in [-0.25, -0.2) is 17.5 Å². The van der Waals surface area contributed by atoms with Gasteiger partial charge in [-0.1, -0.05) is 12.1 Å². The number of hydrogen-bond acceptors (Lipinski definition) is 3. The van der Waals surface area contributed by atoms with Crippen LogP contribution in [-0.4, -0.2) is 25.2 Å². The minimum Gasteiger partial charge on any atom is -0.481 e. The van der Waals surface area contributed by atoms with Crippen molar-refractivity contribution in [2.24, 2.45) is 0 Å². The molecule has 7 heteroatoms. The molecule has 0 saturated heterocycles. The lowest BCUT2D eigenvalue weighted by molar-refractivity contribution is -0.136. The summed E-state index contributed by atoms with van der Waals surface area (Å²) in [6, 6.07) is 5.50. The molecule has 0 aromatic heterocycles. The highest BCUT2D eigenvalue weighted by molar-refractivity contribution is 7.89. The van der Waals surface area contributed by atoms with Crippen LogP contribution >= 0.6 is 0 Å². The molecule has 0 heterocycles. The predicted octanol–water partition coefficient (Wildman–Crippen LogP) is 0.720. The second-order valence-corrected chi connectivity index (χ2v) is 5.34. The van der Waals surface area contributed by atoms with E-state index in [4.69, 9.17) is 5.11 Å². The van der Waals surface area contributed by atoms with Crippen LogP contribution in [0.5, 0.6) is 0 Å². The molecule has 1 aromatic carbocycles. The molecule has 0 amide bonds. The van der Waals surface area contributed by atoms with Gasteiger partial charge in [0.1, 0.15) is 5.82 Å². The Morgan fingerprint density at radius 1 is 1.41 bits per heavy atom. The SMILES string of the molecule is O=C(O)CCS(=O)(=O)NCc1cccc(F)c1. The minimum absolute atomic E-state index is 0.0558. The number of rotatable bonds is 6. The van der Waals surface area contributed by atoms with E-state index in [9.17, 15) is 17.6 Å². The number of carbonyl (C=O) groups is 1. The van der Waals surface area contributed by atoms with Gasteiger partial charge >= 0.3 is 5.97 Å². The predicted molar refractivity (Wildman–Crippen MR) is 59.3 cm³/mol. The van der Waals surface area contributed by atoms with Crippen molar-refractivity contribution < 1.29 is 22.7 Å². The van der Waals surface area contributed by atoms with Crippen molar-refractivity contribution in [2.45, 2.75) is 13.0 Å². The molecule has 17 heavy (non-hydrogen) atoms. The summed E-state index contributed by atoms with van der Waals surface area (Å²) in [7, 11) is -3.64. The summed E-state index contributed by atoms with van der Waals surface area (Å²) >= 11 is 0. The number of carboxylic acid groups (broad SMARTS) is 1. The number of hydrogen-bond donors (Lipinski definition) is 2. The summed E-state index contributed by atoms with van der Waals surface area (Å²) in [5.74, 6) is -2.12. The summed E-state index contributed by atoms with van der Waals surface area (Å²) in [4.78, 5) is 10.2. The summed E-state index contributed by atoms with van der Waals surface area (Å²) in [6.07, 6.45) is -0.460. The Balaban J connectivity index is 2.52. The first-order valence-corrected chi connectivity index (χ1v) is 6.48. The summed E-state index contributed by atoms with van der Waals surface area (Å²) in [5.41, 5.74) is 0.476. The topological polar surface area (TPSA) is 83.5 Å². The van der Waals surface area contributed by atoms with Gasteiger partial charge in [-0.3, -0.25) is 4.79 Å². The molecule has 1 rings (SSSR count). The maximum Gasteiger partial charge on any atom is 0.304 e. The first kappa shape index (κ1) is 13.6. The summed E-state index contributed by atoms with van der Waals surface area (Å²) in [6.45, 7) is -0.0558. The van der Waals surface area contributed by atoms with Gasteiger partial charge in [-0.2, -0.15) is 0 Å². The van der Waals surface area contributed by atoms with E-state index < -0.39 is 34.0 Å². The van der Waals surface area contributed by atoms with Crippen molar-refractivity contribution in [1.82, 2.24) is 4.72 Å². The molecule has 0 radical (unpaired) electrons. The molecule has 0 aliphatic rings. The highest BCUT2D eigenvalue weighted by Gasteiger charge is 2.12. The second kappa shape index (κ2) is 5.74. The fourth-order valence-corrected chi connectivity index (χ4v) is 2.11. The molecule has 0 bridgehead atoms. The fourth-order valence-electron chi connectivity index (χ4n) is 1.13. The number of aliphatic carboxylic acids is 1. The van der Waals surface area contributed by atoms with Crippen LogP contribution in [0.15, 0.2) is 24.3 Å². The van der Waals surface area contributed by atoms with E-state index in [0.29, 0.717) is 5.56 Å².